The molecule has 0 spiro atoms. The molecule has 1 aromatic heterocycles. The molecule has 1 aliphatic carbocycles. The highest BCUT2D eigenvalue weighted by Crippen LogP contribution is 2.26. The zero-order valence-electron chi connectivity index (χ0n) is 12.3. The predicted molar refractivity (Wildman–Crippen MR) is 84.9 cm³/mol. The fourth-order valence-electron chi connectivity index (χ4n) is 2.98. The Kier molecular flexibility index (Phi) is 5.45. The monoisotopic (exact) mass is 355 g/mol. The molecule has 1 aromatic rings. The van der Waals surface area contributed by atoms with Crippen LogP contribution in [0.2, 0.25) is 0 Å². The lowest BCUT2D eigenvalue weighted by atomic mass is 10.2. The van der Waals surface area contributed by atoms with Gasteiger partial charge in [0.15, 0.2) is 0 Å². The van der Waals surface area contributed by atoms with Crippen LogP contribution in [0.1, 0.15) is 49.5 Å². The van der Waals surface area contributed by atoms with Crippen LogP contribution in [0.25, 0.3) is 0 Å². The number of halogens is 1. The van der Waals surface area contributed by atoms with Gasteiger partial charge in [-0.1, -0.05) is 19.8 Å². The first-order valence-electron chi connectivity index (χ1n) is 7.48. The van der Waals surface area contributed by atoms with Gasteiger partial charge < -0.3 is 15.2 Å². The quantitative estimate of drug-likeness (QED) is 0.851. The molecular formula is C15H22BrN3O2. The number of hydrogen-bond donors (Lipinski definition) is 1. The van der Waals surface area contributed by atoms with Crippen LogP contribution in [0.3, 0.4) is 0 Å². The zero-order chi connectivity index (χ0) is 15.4. The average Bonchev–Trinajstić information content (AvgIpc) is 3.05. The zero-order valence-corrected chi connectivity index (χ0v) is 13.9. The highest BCUT2D eigenvalue weighted by Gasteiger charge is 2.30. The van der Waals surface area contributed by atoms with E-state index in [4.69, 9.17) is 5.73 Å². The summed E-state index contributed by atoms with van der Waals surface area (Å²) in [6, 6.07) is 1.95. The van der Waals surface area contributed by atoms with Crippen molar-refractivity contribution in [2.24, 2.45) is 5.73 Å². The number of rotatable bonds is 6. The Hall–Kier alpha value is -1.30. The fraction of sp³-hybridized carbons (Fsp3) is 0.600. The van der Waals surface area contributed by atoms with Gasteiger partial charge in [-0.2, -0.15) is 0 Å². The van der Waals surface area contributed by atoms with Crippen LogP contribution in [0.4, 0.5) is 0 Å². The lowest BCUT2D eigenvalue weighted by molar-refractivity contribution is -0.119. The van der Waals surface area contributed by atoms with Gasteiger partial charge in [0.25, 0.3) is 5.91 Å². The molecule has 0 aliphatic heterocycles. The van der Waals surface area contributed by atoms with Gasteiger partial charge in [-0.15, -0.1) is 0 Å². The van der Waals surface area contributed by atoms with Crippen molar-refractivity contribution in [2.45, 2.75) is 51.6 Å². The molecule has 2 rings (SSSR count). The van der Waals surface area contributed by atoms with Gasteiger partial charge in [0.2, 0.25) is 5.91 Å². The molecule has 1 aliphatic rings. The summed E-state index contributed by atoms with van der Waals surface area (Å²) in [7, 11) is 0. The molecule has 1 fully saturated rings. The smallest absolute Gasteiger partial charge is 0.271 e. The van der Waals surface area contributed by atoms with Crippen LogP contribution >= 0.6 is 15.9 Å². The minimum atomic E-state index is -0.456. The van der Waals surface area contributed by atoms with Crippen molar-refractivity contribution in [3.8, 4) is 0 Å². The van der Waals surface area contributed by atoms with Gasteiger partial charge >= 0.3 is 0 Å². The van der Waals surface area contributed by atoms with Crippen molar-refractivity contribution >= 4 is 27.7 Å². The van der Waals surface area contributed by atoms with Crippen LogP contribution in [0, 0.1) is 0 Å². The molecule has 0 bridgehead atoms. The summed E-state index contributed by atoms with van der Waals surface area (Å²) >= 11 is 3.42. The van der Waals surface area contributed by atoms with Gasteiger partial charge in [0.05, 0.1) is 6.54 Å². The van der Waals surface area contributed by atoms with E-state index < -0.39 is 5.91 Å². The summed E-state index contributed by atoms with van der Waals surface area (Å²) < 4.78 is 2.82. The Bertz CT molecular complexity index is 521. The summed E-state index contributed by atoms with van der Waals surface area (Å²) in [5.41, 5.74) is 5.95. The summed E-state index contributed by atoms with van der Waals surface area (Å²) in [5, 5.41) is 0. The van der Waals surface area contributed by atoms with Gasteiger partial charge in [0, 0.05) is 23.3 Å². The average molecular weight is 356 g/mol. The summed E-state index contributed by atoms with van der Waals surface area (Å²) in [4.78, 5) is 25.8. The van der Waals surface area contributed by atoms with E-state index in [1.807, 2.05) is 16.8 Å². The van der Waals surface area contributed by atoms with E-state index in [9.17, 15) is 9.59 Å². The Labute approximate surface area is 133 Å². The van der Waals surface area contributed by atoms with E-state index >= 15 is 0 Å². The Morgan fingerprint density at radius 1 is 1.43 bits per heavy atom. The molecule has 0 aromatic carbocycles. The third-order valence-corrected chi connectivity index (χ3v) is 4.33. The Morgan fingerprint density at radius 2 is 2.10 bits per heavy atom. The molecule has 1 heterocycles. The number of primary amides is 1. The highest BCUT2D eigenvalue weighted by molar-refractivity contribution is 9.10. The van der Waals surface area contributed by atoms with E-state index in [0.29, 0.717) is 5.69 Å². The molecule has 0 saturated heterocycles. The second-order valence-corrected chi connectivity index (χ2v) is 6.49. The van der Waals surface area contributed by atoms with Crippen molar-refractivity contribution in [3.63, 3.8) is 0 Å². The molecular weight excluding hydrogens is 334 g/mol. The molecule has 21 heavy (non-hydrogen) atoms. The van der Waals surface area contributed by atoms with Gasteiger partial charge in [-0.25, -0.2) is 0 Å². The second kappa shape index (κ2) is 7.11. The normalized spacial score (nSPS) is 15.3. The second-order valence-electron chi connectivity index (χ2n) is 5.57. The van der Waals surface area contributed by atoms with Crippen LogP contribution < -0.4 is 5.73 Å². The third kappa shape index (κ3) is 3.87. The standard InChI is InChI=1S/C15H22BrN3O2/c1-2-7-18-9-11(16)8-13(18)15(21)19(10-14(17)20)12-5-3-4-6-12/h8-9,12H,2-7,10H2,1H3,(H2,17,20). The summed E-state index contributed by atoms with van der Waals surface area (Å²) in [6.45, 7) is 2.85. The molecule has 5 nitrogen and oxygen atoms in total. The maximum atomic E-state index is 12.9. The van der Waals surface area contributed by atoms with Gasteiger partial charge in [0.1, 0.15) is 5.69 Å². The maximum absolute atomic E-state index is 12.9. The third-order valence-electron chi connectivity index (χ3n) is 3.90. The number of carbonyl (C=O) groups is 2. The van der Waals surface area contributed by atoms with Crippen molar-refractivity contribution in [1.29, 1.82) is 0 Å². The first-order chi connectivity index (χ1) is 10.0. The minimum Gasteiger partial charge on any atom is -0.368 e. The van der Waals surface area contributed by atoms with E-state index in [1.54, 1.807) is 4.90 Å². The van der Waals surface area contributed by atoms with Gasteiger partial charge in [-0.05, 0) is 41.3 Å². The molecule has 2 amide bonds. The van der Waals surface area contributed by atoms with Crippen molar-refractivity contribution in [3.05, 3.63) is 22.4 Å². The predicted octanol–water partition coefficient (Wildman–Crippen LogP) is 2.53. The maximum Gasteiger partial charge on any atom is 0.271 e. The van der Waals surface area contributed by atoms with E-state index in [0.717, 1.165) is 43.1 Å². The topological polar surface area (TPSA) is 68.3 Å². The lowest BCUT2D eigenvalue weighted by Crippen LogP contribution is -2.44. The molecule has 2 N–H and O–H groups in total. The molecule has 0 unspecified atom stereocenters. The van der Waals surface area contributed by atoms with E-state index in [-0.39, 0.29) is 18.5 Å². The van der Waals surface area contributed by atoms with E-state index in [1.165, 1.54) is 0 Å². The van der Waals surface area contributed by atoms with Crippen LogP contribution in [-0.4, -0.2) is 33.9 Å². The number of aryl methyl sites for hydroxylation is 1. The van der Waals surface area contributed by atoms with Crippen LogP contribution in [-0.2, 0) is 11.3 Å². The van der Waals surface area contributed by atoms with Crippen molar-refractivity contribution in [2.75, 3.05) is 6.54 Å². The molecule has 0 radical (unpaired) electrons. The van der Waals surface area contributed by atoms with Gasteiger partial charge in [-0.3, -0.25) is 9.59 Å². The Morgan fingerprint density at radius 3 is 2.67 bits per heavy atom. The van der Waals surface area contributed by atoms with Crippen LogP contribution in [0.15, 0.2) is 16.7 Å². The molecule has 116 valence electrons. The first-order valence-corrected chi connectivity index (χ1v) is 8.27. The molecule has 1 saturated carbocycles. The summed E-state index contributed by atoms with van der Waals surface area (Å²) in [6.07, 6.45) is 6.97. The number of hydrogen-bond acceptors (Lipinski definition) is 2. The van der Waals surface area contributed by atoms with E-state index in [2.05, 4.69) is 22.9 Å². The largest absolute Gasteiger partial charge is 0.368 e. The number of aromatic nitrogens is 1. The number of amides is 2. The summed E-state index contributed by atoms with van der Waals surface area (Å²) in [5.74, 6) is -0.553. The highest BCUT2D eigenvalue weighted by atomic mass is 79.9. The number of nitrogens with zero attached hydrogens (tertiary/aromatic N) is 2. The molecule has 0 atom stereocenters. The van der Waals surface area contributed by atoms with Crippen molar-refractivity contribution < 1.29 is 9.59 Å². The molecule has 6 heteroatoms. The number of carbonyl (C=O) groups excluding carboxylic acids is 2. The Balaban J connectivity index is 2.26. The number of nitrogens with two attached hydrogens (primary N) is 1. The minimum absolute atomic E-state index is 0.00156. The SMILES string of the molecule is CCCn1cc(Br)cc1C(=O)N(CC(N)=O)C1CCCC1. The van der Waals surface area contributed by atoms with Crippen molar-refractivity contribution in [1.82, 2.24) is 9.47 Å². The van der Waals surface area contributed by atoms with Crippen LogP contribution in [0.5, 0.6) is 0 Å². The fourth-order valence-corrected chi connectivity index (χ4v) is 3.44. The lowest BCUT2D eigenvalue weighted by Gasteiger charge is -2.28. The first kappa shape index (κ1) is 16.1.